The van der Waals surface area contributed by atoms with Crippen LogP contribution in [-0.2, 0) is 11.3 Å². The maximum absolute atomic E-state index is 5.71. The number of aromatic nitrogens is 2. The van der Waals surface area contributed by atoms with Crippen LogP contribution in [-0.4, -0.2) is 23.8 Å². The molecule has 0 spiro atoms. The van der Waals surface area contributed by atoms with Crippen LogP contribution in [0.3, 0.4) is 0 Å². The number of fused-ring (bicyclic) bond motifs is 2. The first-order valence-corrected chi connectivity index (χ1v) is 6.73. The molecule has 0 radical (unpaired) electrons. The SMILES string of the molecule is C.COCN1c2cc(CN)ccc2Sc2nccnc21.[HH]. The van der Waals surface area contributed by atoms with E-state index in [1.54, 1.807) is 31.3 Å². The summed E-state index contributed by atoms with van der Waals surface area (Å²) in [6.45, 7) is 0.958. The third kappa shape index (κ3) is 2.49. The van der Waals surface area contributed by atoms with Crippen LogP contribution in [0, 0.1) is 0 Å². The van der Waals surface area contributed by atoms with E-state index in [4.69, 9.17) is 10.5 Å². The van der Waals surface area contributed by atoms with E-state index in [9.17, 15) is 0 Å². The first kappa shape index (κ1) is 14.8. The number of nitrogens with zero attached hydrogens (tertiary/aromatic N) is 3. The monoisotopic (exact) mass is 292 g/mol. The van der Waals surface area contributed by atoms with Gasteiger partial charge in [0.15, 0.2) is 5.82 Å². The van der Waals surface area contributed by atoms with Crippen LogP contribution < -0.4 is 10.6 Å². The minimum Gasteiger partial charge on any atom is -0.364 e. The van der Waals surface area contributed by atoms with Crippen LogP contribution >= 0.6 is 11.8 Å². The van der Waals surface area contributed by atoms with E-state index in [1.165, 1.54) is 0 Å². The van der Waals surface area contributed by atoms with Crippen molar-refractivity contribution in [3.05, 3.63) is 36.2 Å². The number of hydrogen-bond donors (Lipinski definition) is 1. The highest BCUT2D eigenvalue weighted by molar-refractivity contribution is 7.99. The number of ether oxygens (including phenoxy) is 1. The van der Waals surface area contributed by atoms with Crippen molar-refractivity contribution < 1.29 is 6.16 Å². The zero-order valence-corrected chi connectivity index (χ0v) is 11.4. The van der Waals surface area contributed by atoms with Gasteiger partial charge in [-0.2, -0.15) is 0 Å². The molecule has 1 aliphatic rings. The maximum Gasteiger partial charge on any atom is 0.168 e. The van der Waals surface area contributed by atoms with E-state index in [2.05, 4.69) is 22.1 Å². The number of methoxy groups -OCH3 is 1. The fraction of sp³-hybridized carbons (Fsp3) is 0.286. The lowest BCUT2D eigenvalue weighted by molar-refractivity contribution is 0.204. The molecular formula is C14H20N4OS. The van der Waals surface area contributed by atoms with Gasteiger partial charge in [-0.05, 0) is 17.7 Å². The van der Waals surface area contributed by atoms with Crippen molar-refractivity contribution >= 4 is 23.3 Å². The molecule has 0 saturated carbocycles. The minimum absolute atomic E-state index is 0. The standard InChI is InChI=1S/C13H14N4OS.CH4.H2/c1-18-8-17-10-6-9(7-14)2-3-11(10)19-13-12(17)15-4-5-16-13;;/h2-6H,7-8,14H2,1H3;1H4;1H. The highest BCUT2D eigenvalue weighted by Crippen LogP contribution is 2.46. The Morgan fingerprint density at radius 1 is 1.35 bits per heavy atom. The molecule has 0 amide bonds. The van der Waals surface area contributed by atoms with Gasteiger partial charge in [-0.1, -0.05) is 25.3 Å². The summed E-state index contributed by atoms with van der Waals surface area (Å²) in [7, 11) is 1.67. The molecular weight excluding hydrogens is 272 g/mol. The molecule has 2 heterocycles. The fourth-order valence-electron chi connectivity index (χ4n) is 2.04. The van der Waals surface area contributed by atoms with Crippen molar-refractivity contribution in [3.8, 4) is 0 Å². The van der Waals surface area contributed by atoms with E-state index in [0.29, 0.717) is 13.3 Å². The van der Waals surface area contributed by atoms with Crippen LogP contribution in [0.1, 0.15) is 14.4 Å². The van der Waals surface area contributed by atoms with Gasteiger partial charge in [-0.25, -0.2) is 9.97 Å². The van der Waals surface area contributed by atoms with E-state index < -0.39 is 0 Å². The molecule has 20 heavy (non-hydrogen) atoms. The van der Waals surface area contributed by atoms with Crippen LogP contribution in [0.5, 0.6) is 0 Å². The van der Waals surface area contributed by atoms with Crippen molar-refractivity contribution in [3.63, 3.8) is 0 Å². The molecule has 2 N–H and O–H groups in total. The average Bonchev–Trinajstić information content (AvgIpc) is 2.47. The summed E-state index contributed by atoms with van der Waals surface area (Å²) in [5, 5.41) is 0.896. The number of hydrogen-bond acceptors (Lipinski definition) is 6. The number of rotatable bonds is 3. The molecule has 0 atom stereocenters. The van der Waals surface area contributed by atoms with Gasteiger partial charge in [0.1, 0.15) is 11.8 Å². The van der Waals surface area contributed by atoms with Gasteiger partial charge in [0.25, 0.3) is 0 Å². The molecule has 3 rings (SSSR count). The second-order valence-electron chi connectivity index (χ2n) is 4.14. The summed E-state index contributed by atoms with van der Waals surface area (Å²) in [4.78, 5) is 11.9. The lowest BCUT2D eigenvalue weighted by atomic mass is 10.2. The third-order valence-corrected chi connectivity index (χ3v) is 3.96. The Morgan fingerprint density at radius 2 is 2.15 bits per heavy atom. The molecule has 0 fully saturated rings. The Hall–Kier alpha value is -1.63. The molecule has 2 aromatic rings. The predicted octanol–water partition coefficient (Wildman–Crippen LogP) is 3.02. The fourth-order valence-corrected chi connectivity index (χ4v) is 3.03. The van der Waals surface area contributed by atoms with E-state index in [0.717, 1.165) is 27.0 Å². The number of anilines is 2. The maximum atomic E-state index is 5.71. The van der Waals surface area contributed by atoms with Crippen LogP contribution in [0.2, 0.25) is 0 Å². The van der Waals surface area contributed by atoms with Gasteiger partial charge in [-0.3, -0.25) is 4.90 Å². The van der Waals surface area contributed by atoms with Gasteiger partial charge >= 0.3 is 0 Å². The van der Waals surface area contributed by atoms with Gasteiger partial charge in [0, 0.05) is 32.4 Å². The number of benzene rings is 1. The van der Waals surface area contributed by atoms with Gasteiger partial charge < -0.3 is 10.5 Å². The summed E-state index contributed by atoms with van der Waals surface area (Å²) in [5.74, 6) is 0.830. The largest absolute Gasteiger partial charge is 0.364 e. The molecule has 5 nitrogen and oxygen atoms in total. The van der Waals surface area contributed by atoms with Crippen LogP contribution in [0.4, 0.5) is 11.5 Å². The molecule has 1 aliphatic heterocycles. The van der Waals surface area contributed by atoms with Crippen molar-refractivity contribution in [1.29, 1.82) is 0 Å². The molecule has 1 aromatic heterocycles. The Morgan fingerprint density at radius 3 is 2.90 bits per heavy atom. The second kappa shape index (κ2) is 6.21. The first-order valence-electron chi connectivity index (χ1n) is 5.92. The topological polar surface area (TPSA) is 64.3 Å². The van der Waals surface area contributed by atoms with E-state index in [1.807, 2.05) is 11.0 Å². The molecule has 0 bridgehead atoms. The van der Waals surface area contributed by atoms with Crippen molar-refractivity contribution in [1.82, 2.24) is 9.97 Å². The number of nitrogens with two attached hydrogens (primary N) is 1. The molecule has 0 unspecified atom stereocenters. The zero-order valence-electron chi connectivity index (χ0n) is 10.5. The lowest BCUT2D eigenvalue weighted by Crippen LogP contribution is -2.24. The third-order valence-electron chi connectivity index (χ3n) is 2.92. The van der Waals surface area contributed by atoms with E-state index in [-0.39, 0.29) is 8.85 Å². The molecule has 0 aliphatic carbocycles. The minimum atomic E-state index is 0. The van der Waals surface area contributed by atoms with Gasteiger partial charge in [0.05, 0.1) is 5.69 Å². The quantitative estimate of drug-likeness (QED) is 0.938. The Kier molecular flexibility index (Phi) is 4.59. The highest BCUT2D eigenvalue weighted by atomic mass is 32.2. The Balaban J connectivity index is 0.00000110. The summed E-state index contributed by atoms with van der Waals surface area (Å²) < 4.78 is 5.29. The van der Waals surface area contributed by atoms with Gasteiger partial charge in [0.2, 0.25) is 0 Å². The van der Waals surface area contributed by atoms with Crippen LogP contribution in [0.15, 0.2) is 40.5 Å². The zero-order chi connectivity index (χ0) is 13.2. The predicted molar refractivity (Wildman–Crippen MR) is 83.3 cm³/mol. The normalized spacial score (nSPS) is 12.4. The summed E-state index contributed by atoms with van der Waals surface area (Å²) in [6.07, 6.45) is 3.40. The summed E-state index contributed by atoms with van der Waals surface area (Å²) >= 11 is 1.62. The molecule has 108 valence electrons. The van der Waals surface area contributed by atoms with Crippen molar-refractivity contribution in [2.45, 2.75) is 23.9 Å². The first-order chi connectivity index (χ1) is 9.33. The second-order valence-corrected chi connectivity index (χ2v) is 5.17. The smallest absolute Gasteiger partial charge is 0.168 e. The summed E-state index contributed by atoms with van der Waals surface area (Å²) in [6, 6.07) is 6.19. The lowest BCUT2D eigenvalue weighted by Gasteiger charge is -2.30. The van der Waals surface area contributed by atoms with Crippen molar-refractivity contribution in [2.24, 2.45) is 5.73 Å². The van der Waals surface area contributed by atoms with E-state index >= 15 is 0 Å². The molecule has 1 aromatic carbocycles. The Labute approximate surface area is 124 Å². The Bertz CT molecular complexity index is 611. The van der Waals surface area contributed by atoms with Crippen molar-refractivity contribution in [2.75, 3.05) is 18.7 Å². The highest BCUT2D eigenvalue weighted by Gasteiger charge is 2.25. The molecule has 6 heteroatoms. The van der Waals surface area contributed by atoms with Gasteiger partial charge in [-0.15, -0.1) is 0 Å². The molecule has 0 saturated heterocycles. The average molecular weight is 292 g/mol. The van der Waals surface area contributed by atoms with Crippen LogP contribution in [0.25, 0.3) is 0 Å². The summed E-state index contributed by atoms with van der Waals surface area (Å²) in [5.41, 5.74) is 7.88.